The number of aromatic hydroxyl groups is 1. The number of nitrogens with zero attached hydrogens (tertiary/aromatic N) is 3. The molecule has 0 bridgehead atoms. The lowest BCUT2D eigenvalue weighted by Crippen LogP contribution is -2.26. The highest BCUT2D eigenvalue weighted by atomic mass is 35.5. The second-order valence-corrected chi connectivity index (χ2v) is 8.36. The molecule has 2 heterocycles. The van der Waals surface area contributed by atoms with Crippen LogP contribution in [0, 0.1) is 13.8 Å². The van der Waals surface area contributed by atoms with Gasteiger partial charge in [0.15, 0.2) is 10.9 Å². The summed E-state index contributed by atoms with van der Waals surface area (Å²) in [4.78, 5) is 35.0. The lowest BCUT2D eigenvalue weighted by Gasteiger charge is -2.16. The number of nitrogens with one attached hydrogen (secondary N) is 1. The van der Waals surface area contributed by atoms with Crippen molar-refractivity contribution in [2.24, 2.45) is 0 Å². The summed E-state index contributed by atoms with van der Waals surface area (Å²) in [6.07, 6.45) is 0. The molecule has 0 atom stereocenters. The fourth-order valence-electron chi connectivity index (χ4n) is 3.63. The van der Waals surface area contributed by atoms with E-state index < -0.39 is 11.7 Å². The fourth-order valence-corrected chi connectivity index (χ4v) is 4.07. The van der Waals surface area contributed by atoms with Gasteiger partial charge in [-0.25, -0.2) is 9.97 Å². The number of halogens is 2. The van der Waals surface area contributed by atoms with Gasteiger partial charge in [0.1, 0.15) is 17.3 Å². The van der Waals surface area contributed by atoms with Crippen LogP contribution in [0.5, 0.6) is 11.5 Å². The average molecular weight is 499 g/mol. The summed E-state index contributed by atoms with van der Waals surface area (Å²) < 4.78 is 6.95. The first kappa shape index (κ1) is 23.5. The van der Waals surface area contributed by atoms with Crippen LogP contribution in [0.25, 0.3) is 10.9 Å². The van der Waals surface area contributed by atoms with Gasteiger partial charge in [0.05, 0.1) is 35.3 Å². The number of fused-ring (bicyclic) bond motifs is 1. The number of amides is 1. The first-order chi connectivity index (χ1) is 16.2. The summed E-state index contributed by atoms with van der Waals surface area (Å²) in [5.41, 5.74) is 1.90. The molecule has 0 fully saturated rings. The van der Waals surface area contributed by atoms with Crippen molar-refractivity contribution in [3.8, 4) is 11.5 Å². The molecule has 0 aliphatic rings. The van der Waals surface area contributed by atoms with Crippen LogP contribution in [0.4, 0.5) is 5.69 Å². The van der Waals surface area contributed by atoms with Crippen molar-refractivity contribution < 1.29 is 14.6 Å². The maximum Gasteiger partial charge on any atom is 0.274 e. The summed E-state index contributed by atoms with van der Waals surface area (Å²) in [6, 6.07) is 12.0. The summed E-state index contributed by atoms with van der Waals surface area (Å²) >= 11 is 11.8. The third-order valence-corrected chi connectivity index (χ3v) is 5.96. The number of para-hydroxylation sites is 1. The number of carbonyl (C=O) groups excluding carboxylic acids is 1. The molecule has 0 unspecified atom stereocenters. The highest BCUT2D eigenvalue weighted by molar-refractivity contribution is 6.36. The maximum atomic E-state index is 13.6. The van der Waals surface area contributed by atoms with E-state index in [9.17, 15) is 14.7 Å². The van der Waals surface area contributed by atoms with Gasteiger partial charge in [-0.3, -0.25) is 14.2 Å². The zero-order valence-corrected chi connectivity index (χ0v) is 20.0. The SMILES string of the molecule is COc1ccccc1Cn1c(C)nc2c(C)ccc(NC(=O)c3cc(Cl)c(O)c(Cl)n3)c2c1=O. The first-order valence-corrected chi connectivity index (χ1v) is 11.0. The zero-order chi connectivity index (χ0) is 24.6. The zero-order valence-electron chi connectivity index (χ0n) is 18.5. The smallest absolute Gasteiger partial charge is 0.274 e. The highest BCUT2D eigenvalue weighted by Gasteiger charge is 2.19. The second-order valence-electron chi connectivity index (χ2n) is 7.60. The standard InChI is InChI=1S/C24H20Cl2N4O4/c1-12-8-9-16(29-23(32)17-10-15(25)21(31)22(26)28-17)19-20(12)27-13(2)30(24(19)33)11-14-6-4-5-7-18(14)34-3/h4-10,31H,11H2,1-3H3,(H,29,32). The minimum absolute atomic E-state index is 0.115. The summed E-state index contributed by atoms with van der Waals surface area (Å²) in [7, 11) is 1.57. The molecule has 0 radical (unpaired) electrons. The molecule has 8 nitrogen and oxygen atoms in total. The number of methoxy groups -OCH3 is 1. The van der Waals surface area contributed by atoms with Gasteiger partial charge in [0, 0.05) is 5.56 Å². The number of pyridine rings is 1. The normalized spacial score (nSPS) is 11.0. The topological polar surface area (TPSA) is 106 Å². The largest absolute Gasteiger partial charge is 0.504 e. The van der Waals surface area contributed by atoms with Crippen LogP contribution in [-0.4, -0.2) is 32.7 Å². The molecule has 0 aliphatic carbocycles. The lowest BCUT2D eigenvalue weighted by atomic mass is 10.1. The molecule has 0 saturated carbocycles. The number of hydrogen-bond donors (Lipinski definition) is 2. The van der Waals surface area contributed by atoms with E-state index in [1.165, 1.54) is 10.6 Å². The molecule has 2 N–H and O–H groups in total. The molecule has 2 aromatic heterocycles. The van der Waals surface area contributed by atoms with E-state index in [0.717, 1.165) is 11.1 Å². The molecular formula is C24H20Cl2N4O4. The van der Waals surface area contributed by atoms with Crippen LogP contribution in [-0.2, 0) is 6.54 Å². The van der Waals surface area contributed by atoms with Gasteiger partial charge in [-0.05, 0) is 37.6 Å². The molecule has 2 aromatic carbocycles. The van der Waals surface area contributed by atoms with Gasteiger partial charge in [0.2, 0.25) is 0 Å². The Balaban J connectivity index is 1.82. The number of hydrogen-bond acceptors (Lipinski definition) is 6. The second kappa shape index (κ2) is 9.32. The van der Waals surface area contributed by atoms with E-state index in [-0.39, 0.29) is 39.0 Å². The quantitative estimate of drug-likeness (QED) is 0.385. The van der Waals surface area contributed by atoms with Gasteiger partial charge in [-0.1, -0.05) is 47.5 Å². The minimum atomic E-state index is -0.648. The molecule has 1 amide bonds. The Bertz CT molecular complexity index is 1480. The predicted molar refractivity (Wildman–Crippen MR) is 131 cm³/mol. The minimum Gasteiger partial charge on any atom is -0.504 e. The van der Waals surface area contributed by atoms with Gasteiger partial charge in [-0.2, -0.15) is 0 Å². The van der Waals surface area contributed by atoms with Crippen molar-refractivity contribution in [3.05, 3.63) is 85.6 Å². The molecular weight excluding hydrogens is 479 g/mol. The molecule has 4 aromatic rings. The molecule has 10 heteroatoms. The number of aryl methyl sites for hydroxylation is 2. The molecule has 4 rings (SSSR count). The summed E-state index contributed by atoms with van der Waals surface area (Å²) in [5, 5.41) is 12.2. The van der Waals surface area contributed by atoms with Crippen molar-refractivity contribution in [2.75, 3.05) is 12.4 Å². The van der Waals surface area contributed by atoms with E-state index in [1.54, 1.807) is 26.2 Å². The lowest BCUT2D eigenvalue weighted by molar-refractivity contribution is 0.102. The van der Waals surface area contributed by atoms with Gasteiger partial charge < -0.3 is 15.2 Å². The molecule has 174 valence electrons. The Morgan fingerprint density at radius 2 is 1.88 bits per heavy atom. The molecule has 34 heavy (non-hydrogen) atoms. The van der Waals surface area contributed by atoms with E-state index in [4.69, 9.17) is 27.9 Å². The van der Waals surface area contributed by atoms with Crippen LogP contribution in [0.1, 0.15) is 27.4 Å². The Morgan fingerprint density at radius 1 is 1.15 bits per heavy atom. The molecule has 0 aliphatic heterocycles. The van der Waals surface area contributed by atoms with Crippen LogP contribution < -0.4 is 15.6 Å². The molecule has 0 saturated heterocycles. The summed E-state index contributed by atoms with van der Waals surface area (Å²) in [5.74, 6) is 0.109. The van der Waals surface area contributed by atoms with Crippen LogP contribution in [0.3, 0.4) is 0 Å². The van der Waals surface area contributed by atoms with E-state index in [1.807, 2.05) is 31.2 Å². The highest BCUT2D eigenvalue weighted by Crippen LogP contribution is 2.31. The molecule has 0 spiro atoms. The van der Waals surface area contributed by atoms with Crippen molar-refractivity contribution in [1.29, 1.82) is 0 Å². The van der Waals surface area contributed by atoms with Crippen molar-refractivity contribution in [3.63, 3.8) is 0 Å². The van der Waals surface area contributed by atoms with Gasteiger partial charge >= 0.3 is 0 Å². The van der Waals surface area contributed by atoms with Crippen molar-refractivity contribution >= 4 is 45.7 Å². The van der Waals surface area contributed by atoms with Crippen LogP contribution in [0.2, 0.25) is 10.2 Å². The summed E-state index contributed by atoms with van der Waals surface area (Å²) in [6.45, 7) is 3.83. The van der Waals surface area contributed by atoms with Gasteiger partial charge in [0.25, 0.3) is 11.5 Å². The van der Waals surface area contributed by atoms with Gasteiger partial charge in [-0.15, -0.1) is 0 Å². The third-order valence-electron chi connectivity index (χ3n) is 5.41. The Hall–Kier alpha value is -3.62. The van der Waals surface area contributed by atoms with Crippen LogP contribution >= 0.6 is 23.2 Å². The van der Waals surface area contributed by atoms with Crippen molar-refractivity contribution in [2.45, 2.75) is 20.4 Å². The van der Waals surface area contributed by atoms with E-state index in [2.05, 4.69) is 15.3 Å². The van der Waals surface area contributed by atoms with E-state index in [0.29, 0.717) is 17.1 Å². The fraction of sp³-hybridized carbons (Fsp3) is 0.167. The number of benzene rings is 2. The number of rotatable bonds is 5. The Kier molecular flexibility index (Phi) is 6.45. The Labute approximate surface area is 204 Å². The van der Waals surface area contributed by atoms with Crippen LogP contribution in [0.15, 0.2) is 47.3 Å². The number of anilines is 1. The number of ether oxygens (including phenoxy) is 1. The number of carbonyl (C=O) groups is 1. The average Bonchev–Trinajstić information content (AvgIpc) is 2.81. The third kappa shape index (κ3) is 4.30. The monoisotopic (exact) mass is 498 g/mol. The first-order valence-electron chi connectivity index (χ1n) is 10.2. The predicted octanol–water partition coefficient (Wildman–Crippen LogP) is 4.73. The maximum absolute atomic E-state index is 13.6. The van der Waals surface area contributed by atoms with E-state index >= 15 is 0 Å². The Morgan fingerprint density at radius 3 is 2.59 bits per heavy atom. The van der Waals surface area contributed by atoms with Crippen molar-refractivity contribution in [1.82, 2.24) is 14.5 Å². The number of aromatic nitrogens is 3.